The van der Waals surface area contributed by atoms with Crippen LogP contribution in [0.4, 0.5) is 0 Å². The van der Waals surface area contributed by atoms with Crippen LogP contribution < -0.4 is 0 Å². The highest BCUT2D eigenvalue weighted by atomic mass is 16.4. The van der Waals surface area contributed by atoms with Crippen LogP contribution in [0.15, 0.2) is 6.20 Å². The highest BCUT2D eigenvalue weighted by Crippen LogP contribution is 2.33. The normalized spacial score (nSPS) is 16.0. The number of aromatic nitrogens is 3. The molecule has 0 bridgehead atoms. The second-order valence-corrected chi connectivity index (χ2v) is 3.31. The van der Waals surface area contributed by atoms with Crippen LogP contribution in [0.25, 0.3) is 0 Å². The average molecular weight is 181 g/mol. The summed E-state index contributed by atoms with van der Waals surface area (Å²) in [6.07, 6.45) is 4.79. The molecule has 0 spiro atoms. The Morgan fingerprint density at radius 2 is 2.46 bits per heavy atom. The number of carboxylic acid groups (broad SMARTS) is 1. The van der Waals surface area contributed by atoms with Crippen LogP contribution in [0.1, 0.15) is 31.0 Å². The molecule has 1 N–H and O–H groups in total. The van der Waals surface area contributed by atoms with Gasteiger partial charge in [0.1, 0.15) is 0 Å². The summed E-state index contributed by atoms with van der Waals surface area (Å²) in [5.74, 6) is -0.791. The van der Waals surface area contributed by atoms with E-state index in [1.165, 1.54) is 12.8 Å². The van der Waals surface area contributed by atoms with Crippen molar-refractivity contribution in [3.8, 4) is 0 Å². The molecule has 0 saturated heterocycles. The van der Waals surface area contributed by atoms with Gasteiger partial charge < -0.3 is 5.11 Å². The van der Waals surface area contributed by atoms with Gasteiger partial charge >= 0.3 is 5.97 Å². The molecule has 1 saturated carbocycles. The maximum absolute atomic E-state index is 10.3. The van der Waals surface area contributed by atoms with Crippen LogP contribution >= 0.6 is 0 Å². The molecule has 1 aromatic heterocycles. The second-order valence-electron chi connectivity index (χ2n) is 3.31. The van der Waals surface area contributed by atoms with Gasteiger partial charge in [-0.15, -0.1) is 5.10 Å². The van der Waals surface area contributed by atoms with E-state index < -0.39 is 5.97 Å². The molecule has 0 aliphatic heterocycles. The molecule has 0 unspecified atom stereocenters. The third kappa shape index (κ3) is 2.05. The Labute approximate surface area is 75.4 Å². The zero-order valence-electron chi connectivity index (χ0n) is 7.18. The number of hydrogen-bond acceptors (Lipinski definition) is 3. The van der Waals surface area contributed by atoms with E-state index in [1.807, 2.05) is 10.9 Å². The SMILES string of the molecule is O=C(O)CCc1cn(C2CC2)nn1. The smallest absolute Gasteiger partial charge is 0.303 e. The summed E-state index contributed by atoms with van der Waals surface area (Å²) in [6, 6.07) is 0.520. The van der Waals surface area contributed by atoms with Gasteiger partial charge in [0.15, 0.2) is 0 Å². The Hall–Kier alpha value is -1.39. The quantitative estimate of drug-likeness (QED) is 0.739. The summed E-state index contributed by atoms with van der Waals surface area (Å²) in [5.41, 5.74) is 0.773. The van der Waals surface area contributed by atoms with Crippen LogP contribution in [0.3, 0.4) is 0 Å². The van der Waals surface area contributed by atoms with Crippen LogP contribution in [0.2, 0.25) is 0 Å². The van der Waals surface area contributed by atoms with Crippen LogP contribution in [-0.4, -0.2) is 26.1 Å². The molecular formula is C8H11N3O2. The highest BCUT2D eigenvalue weighted by molar-refractivity contribution is 5.66. The van der Waals surface area contributed by atoms with Crippen LogP contribution in [0, 0.1) is 0 Å². The summed E-state index contributed by atoms with van der Waals surface area (Å²) in [7, 11) is 0. The maximum atomic E-state index is 10.3. The Balaban J connectivity index is 1.92. The number of nitrogens with zero attached hydrogens (tertiary/aromatic N) is 3. The lowest BCUT2D eigenvalue weighted by atomic mass is 10.2. The number of carbonyl (C=O) groups is 1. The van der Waals surface area contributed by atoms with Gasteiger partial charge in [0.25, 0.3) is 0 Å². The summed E-state index contributed by atoms with van der Waals surface area (Å²) in [6.45, 7) is 0. The van der Waals surface area contributed by atoms with Crippen molar-refractivity contribution in [1.29, 1.82) is 0 Å². The van der Waals surface area contributed by atoms with Crippen LogP contribution in [0.5, 0.6) is 0 Å². The van der Waals surface area contributed by atoms with Gasteiger partial charge in [0.2, 0.25) is 0 Å². The van der Waals surface area contributed by atoms with Crippen molar-refractivity contribution in [1.82, 2.24) is 15.0 Å². The topological polar surface area (TPSA) is 68.0 Å². The molecule has 0 aromatic carbocycles. The van der Waals surface area contributed by atoms with Gasteiger partial charge in [-0.2, -0.15) is 0 Å². The van der Waals surface area contributed by atoms with Gasteiger partial charge in [-0.1, -0.05) is 5.21 Å². The molecule has 1 aliphatic rings. The lowest BCUT2D eigenvalue weighted by Crippen LogP contribution is -1.97. The molecule has 0 radical (unpaired) electrons. The minimum atomic E-state index is -0.791. The third-order valence-electron chi connectivity index (χ3n) is 2.07. The lowest BCUT2D eigenvalue weighted by Gasteiger charge is -1.91. The van der Waals surface area contributed by atoms with Crippen molar-refractivity contribution >= 4 is 5.97 Å². The zero-order valence-corrected chi connectivity index (χ0v) is 7.18. The van der Waals surface area contributed by atoms with Gasteiger partial charge in [-0.3, -0.25) is 4.79 Å². The number of carboxylic acids is 1. The molecule has 5 nitrogen and oxygen atoms in total. The van der Waals surface area contributed by atoms with Crippen molar-refractivity contribution < 1.29 is 9.90 Å². The van der Waals surface area contributed by atoms with Crippen LogP contribution in [-0.2, 0) is 11.2 Å². The first kappa shape index (κ1) is 8.22. The first-order chi connectivity index (χ1) is 6.25. The fourth-order valence-corrected chi connectivity index (χ4v) is 1.18. The zero-order chi connectivity index (χ0) is 9.26. The van der Waals surface area contributed by atoms with E-state index in [0.29, 0.717) is 12.5 Å². The predicted molar refractivity (Wildman–Crippen MR) is 44.2 cm³/mol. The number of aliphatic carboxylic acids is 1. The van der Waals surface area contributed by atoms with E-state index >= 15 is 0 Å². The van der Waals surface area contributed by atoms with E-state index in [9.17, 15) is 4.79 Å². The van der Waals surface area contributed by atoms with Crippen molar-refractivity contribution in [2.24, 2.45) is 0 Å². The fraction of sp³-hybridized carbons (Fsp3) is 0.625. The van der Waals surface area contributed by atoms with Gasteiger partial charge in [-0.05, 0) is 12.8 Å². The van der Waals surface area contributed by atoms with Gasteiger partial charge in [0.05, 0.1) is 18.2 Å². The molecule has 13 heavy (non-hydrogen) atoms. The van der Waals surface area contributed by atoms with Gasteiger partial charge in [-0.25, -0.2) is 4.68 Å². The molecule has 1 aromatic rings. The monoisotopic (exact) mass is 181 g/mol. The molecule has 1 fully saturated rings. The largest absolute Gasteiger partial charge is 0.481 e. The van der Waals surface area contributed by atoms with Crippen molar-refractivity contribution in [3.63, 3.8) is 0 Å². The fourth-order valence-electron chi connectivity index (χ4n) is 1.18. The van der Waals surface area contributed by atoms with Crippen molar-refractivity contribution in [3.05, 3.63) is 11.9 Å². The first-order valence-corrected chi connectivity index (χ1v) is 4.38. The van der Waals surface area contributed by atoms with E-state index in [0.717, 1.165) is 5.69 Å². The molecule has 2 rings (SSSR count). The summed E-state index contributed by atoms with van der Waals surface area (Å²) in [4.78, 5) is 10.3. The molecule has 1 heterocycles. The standard InChI is InChI=1S/C8H11N3O2/c12-8(13)4-1-6-5-11(10-9-6)7-2-3-7/h5,7H,1-4H2,(H,12,13). The first-order valence-electron chi connectivity index (χ1n) is 4.38. The molecule has 0 amide bonds. The summed E-state index contributed by atoms with van der Waals surface area (Å²) in [5, 5.41) is 16.3. The third-order valence-corrected chi connectivity index (χ3v) is 2.07. The predicted octanol–water partition coefficient (Wildman–Crippen LogP) is 0.630. The van der Waals surface area contributed by atoms with Crippen molar-refractivity contribution in [2.45, 2.75) is 31.7 Å². The molecule has 70 valence electrons. The number of hydrogen-bond donors (Lipinski definition) is 1. The molecule has 1 aliphatic carbocycles. The maximum Gasteiger partial charge on any atom is 0.303 e. The minimum Gasteiger partial charge on any atom is -0.481 e. The number of aryl methyl sites for hydroxylation is 1. The van der Waals surface area contributed by atoms with E-state index in [1.54, 1.807) is 0 Å². The lowest BCUT2D eigenvalue weighted by molar-refractivity contribution is -0.136. The summed E-state index contributed by atoms with van der Waals surface area (Å²) < 4.78 is 1.83. The molecule has 5 heteroatoms. The Morgan fingerprint density at radius 3 is 3.08 bits per heavy atom. The number of rotatable bonds is 4. The van der Waals surface area contributed by atoms with Gasteiger partial charge in [0, 0.05) is 12.6 Å². The Bertz CT molecular complexity index is 317. The summed E-state index contributed by atoms with van der Waals surface area (Å²) >= 11 is 0. The highest BCUT2D eigenvalue weighted by Gasteiger charge is 2.24. The van der Waals surface area contributed by atoms with E-state index in [2.05, 4.69) is 10.3 Å². The average Bonchev–Trinajstić information content (AvgIpc) is 2.83. The van der Waals surface area contributed by atoms with E-state index in [4.69, 9.17) is 5.11 Å². The molecular weight excluding hydrogens is 170 g/mol. The second kappa shape index (κ2) is 3.16. The van der Waals surface area contributed by atoms with Crippen molar-refractivity contribution in [2.75, 3.05) is 0 Å². The Morgan fingerprint density at radius 1 is 1.69 bits per heavy atom. The minimum absolute atomic E-state index is 0.128. The molecule has 0 atom stereocenters. The Kier molecular flexibility index (Phi) is 2.00. The van der Waals surface area contributed by atoms with E-state index in [-0.39, 0.29) is 6.42 Å².